The van der Waals surface area contributed by atoms with Gasteiger partial charge in [-0.15, -0.1) is 0 Å². The Kier molecular flexibility index (Phi) is 3.61. The quantitative estimate of drug-likeness (QED) is 0.719. The highest BCUT2D eigenvalue weighted by Crippen LogP contribution is 2.14. The first kappa shape index (κ1) is 12.6. The zero-order valence-electron chi connectivity index (χ0n) is 10.9. The van der Waals surface area contributed by atoms with Crippen LogP contribution in [0.1, 0.15) is 5.56 Å². The van der Waals surface area contributed by atoms with Crippen molar-refractivity contribution >= 4 is 24.0 Å². The lowest BCUT2D eigenvalue weighted by atomic mass is 9.88. The molecule has 0 atom stereocenters. The number of aromatic nitrogens is 2. The van der Waals surface area contributed by atoms with Gasteiger partial charge in [-0.3, -0.25) is 0 Å². The second-order valence-corrected chi connectivity index (χ2v) is 4.46. The SMILES string of the molecule is OBc1ccc(COc2cnc3ccccc3n2)cc1. The third-order valence-corrected chi connectivity index (χ3v) is 3.02. The largest absolute Gasteiger partial charge is 0.472 e. The fourth-order valence-electron chi connectivity index (χ4n) is 1.91. The summed E-state index contributed by atoms with van der Waals surface area (Å²) in [6.07, 6.45) is 1.63. The van der Waals surface area contributed by atoms with Crippen LogP contribution in [-0.2, 0) is 6.61 Å². The summed E-state index contributed by atoms with van der Waals surface area (Å²) in [6.45, 7) is 0.429. The summed E-state index contributed by atoms with van der Waals surface area (Å²) in [6, 6.07) is 15.3. The molecule has 5 heteroatoms. The number of nitrogens with zero attached hydrogens (tertiary/aromatic N) is 2. The molecular weight excluding hydrogens is 251 g/mol. The third-order valence-electron chi connectivity index (χ3n) is 3.02. The lowest BCUT2D eigenvalue weighted by molar-refractivity contribution is 0.294. The van der Waals surface area contributed by atoms with Crippen molar-refractivity contribution in [3.63, 3.8) is 0 Å². The Balaban J connectivity index is 1.72. The van der Waals surface area contributed by atoms with Crippen molar-refractivity contribution in [2.75, 3.05) is 0 Å². The van der Waals surface area contributed by atoms with Crippen LogP contribution in [-0.4, -0.2) is 22.5 Å². The average Bonchev–Trinajstić information content (AvgIpc) is 2.53. The topological polar surface area (TPSA) is 55.2 Å². The van der Waals surface area contributed by atoms with Crippen LogP contribution in [0.25, 0.3) is 11.0 Å². The molecule has 2 aromatic carbocycles. The van der Waals surface area contributed by atoms with Gasteiger partial charge in [0.1, 0.15) is 6.61 Å². The second-order valence-electron chi connectivity index (χ2n) is 4.46. The summed E-state index contributed by atoms with van der Waals surface area (Å²) in [7, 11) is 0.0529. The minimum Gasteiger partial charge on any atom is -0.472 e. The fraction of sp³-hybridized carbons (Fsp3) is 0.0667. The van der Waals surface area contributed by atoms with Gasteiger partial charge in [0.2, 0.25) is 5.88 Å². The van der Waals surface area contributed by atoms with E-state index in [4.69, 9.17) is 9.76 Å². The summed E-state index contributed by atoms with van der Waals surface area (Å²) < 4.78 is 5.64. The molecule has 20 heavy (non-hydrogen) atoms. The van der Waals surface area contributed by atoms with Crippen molar-refractivity contribution in [2.45, 2.75) is 6.61 Å². The molecule has 0 amide bonds. The number of para-hydroxylation sites is 2. The van der Waals surface area contributed by atoms with Crippen LogP contribution in [0.3, 0.4) is 0 Å². The Morgan fingerprint density at radius 3 is 2.50 bits per heavy atom. The molecule has 0 spiro atoms. The Bertz CT molecular complexity index is 716. The zero-order valence-corrected chi connectivity index (χ0v) is 10.9. The molecule has 0 saturated heterocycles. The predicted octanol–water partition coefficient (Wildman–Crippen LogP) is 1.18. The molecule has 0 unspecified atom stereocenters. The first-order valence-corrected chi connectivity index (χ1v) is 6.38. The van der Waals surface area contributed by atoms with E-state index in [2.05, 4.69) is 9.97 Å². The van der Waals surface area contributed by atoms with Gasteiger partial charge in [-0.05, 0) is 17.7 Å². The predicted molar refractivity (Wildman–Crippen MR) is 79.3 cm³/mol. The number of fused-ring (bicyclic) bond motifs is 1. The van der Waals surface area contributed by atoms with Crippen LogP contribution in [0.15, 0.2) is 54.7 Å². The van der Waals surface area contributed by atoms with Crippen molar-refractivity contribution < 1.29 is 9.76 Å². The van der Waals surface area contributed by atoms with E-state index >= 15 is 0 Å². The molecule has 3 aromatic rings. The molecule has 0 bridgehead atoms. The molecular formula is C15H13BN2O2. The van der Waals surface area contributed by atoms with Gasteiger partial charge in [0.25, 0.3) is 0 Å². The van der Waals surface area contributed by atoms with Crippen LogP contribution < -0.4 is 10.2 Å². The van der Waals surface area contributed by atoms with Gasteiger partial charge in [0.15, 0.2) is 0 Å². The van der Waals surface area contributed by atoms with E-state index < -0.39 is 0 Å². The van der Waals surface area contributed by atoms with Crippen LogP contribution in [0, 0.1) is 0 Å². The summed E-state index contributed by atoms with van der Waals surface area (Å²) in [5.74, 6) is 0.509. The summed E-state index contributed by atoms with van der Waals surface area (Å²) in [4.78, 5) is 8.70. The van der Waals surface area contributed by atoms with Gasteiger partial charge in [-0.25, -0.2) is 9.97 Å². The van der Waals surface area contributed by atoms with Gasteiger partial charge in [0.05, 0.1) is 17.2 Å². The number of rotatable bonds is 4. The molecule has 0 aliphatic rings. The van der Waals surface area contributed by atoms with E-state index in [1.54, 1.807) is 6.20 Å². The molecule has 3 rings (SSSR count). The molecule has 1 heterocycles. The Labute approximate surface area is 117 Å². The molecule has 0 fully saturated rings. The van der Waals surface area contributed by atoms with E-state index in [0.29, 0.717) is 12.5 Å². The molecule has 1 N–H and O–H groups in total. The lowest BCUT2D eigenvalue weighted by Crippen LogP contribution is -2.12. The number of hydrogen-bond donors (Lipinski definition) is 1. The zero-order chi connectivity index (χ0) is 13.8. The van der Waals surface area contributed by atoms with Gasteiger partial charge in [-0.1, -0.05) is 41.9 Å². The Morgan fingerprint density at radius 2 is 1.75 bits per heavy atom. The van der Waals surface area contributed by atoms with Crippen molar-refractivity contribution in [2.24, 2.45) is 0 Å². The van der Waals surface area contributed by atoms with Crippen molar-refractivity contribution in [3.05, 3.63) is 60.3 Å². The van der Waals surface area contributed by atoms with Crippen LogP contribution in [0.5, 0.6) is 5.88 Å². The lowest BCUT2D eigenvalue weighted by Gasteiger charge is -2.06. The number of benzene rings is 2. The Morgan fingerprint density at radius 1 is 1.00 bits per heavy atom. The highest BCUT2D eigenvalue weighted by molar-refractivity contribution is 6.45. The summed E-state index contributed by atoms with van der Waals surface area (Å²) in [5, 5.41) is 8.99. The number of hydrogen-bond acceptors (Lipinski definition) is 4. The molecule has 4 nitrogen and oxygen atoms in total. The normalized spacial score (nSPS) is 10.4. The van der Waals surface area contributed by atoms with Crippen LogP contribution in [0.4, 0.5) is 0 Å². The van der Waals surface area contributed by atoms with Gasteiger partial charge < -0.3 is 9.76 Å². The van der Waals surface area contributed by atoms with Crippen molar-refractivity contribution in [1.29, 1.82) is 0 Å². The third kappa shape index (κ3) is 2.78. The monoisotopic (exact) mass is 264 g/mol. The van der Waals surface area contributed by atoms with E-state index in [1.807, 2.05) is 48.5 Å². The maximum atomic E-state index is 8.99. The number of ether oxygens (including phenoxy) is 1. The van der Waals surface area contributed by atoms with Crippen molar-refractivity contribution in [1.82, 2.24) is 9.97 Å². The first-order chi connectivity index (χ1) is 9.85. The maximum Gasteiger partial charge on any atom is 0.304 e. The first-order valence-electron chi connectivity index (χ1n) is 6.38. The molecule has 0 saturated carbocycles. The van der Waals surface area contributed by atoms with Gasteiger partial charge in [-0.2, -0.15) is 0 Å². The van der Waals surface area contributed by atoms with E-state index in [-0.39, 0.29) is 7.48 Å². The Hall–Kier alpha value is -2.40. The van der Waals surface area contributed by atoms with E-state index in [1.165, 1.54) is 0 Å². The van der Waals surface area contributed by atoms with E-state index in [0.717, 1.165) is 22.1 Å². The molecule has 0 aliphatic carbocycles. The minimum absolute atomic E-state index is 0.0529. The van der Waals surface area contributed by atoms with E-state index in [9.17, 15) is 0 Å². The highest BCUT2D eigenvalue weighted by atomic mass is 16.5. The van der Waals surface area contributed by atoms with Gasteiger partial charge in [0, 0.05) is 0 Å². The average molecular weight is 264 g/mol. The van der Waals surface area contributed by atoms with Crippen LogP contribution >= 0.6 is 0 Å². The highest BCUT2D eigenvalue weighted by Gasteiger charge is 2.01. The van der Waals surface area contributed by atoms with Crippen molar-refractivity contribution in [3.8, 4) is 5.88 Å². The molecule has 1 aromatic heterocycles. The van der Waals surface area contributed by atoms with Crippen LogP contribution in [0.2, 0.25) is 0 Å². The summed E-state index contributed by atoms with van der Waals surface area (Å²) in [5.41, 5.74) is 3.59. The van der Waals surface area contributed by atoms with Gasteiger partial charge >= 0.3 is 7.48 Å². The smallest absolute Gasteiger partial charge is 0.304 e. The maximum absolute atomic E-state index is 8.99. The molecule has 98 valence electrons. The molecule has 0 radical (unpaired) electrons. The summed E-state index contributed by atoms with van der Waals surface area (Å²) >= 11 is 0. The standard InChI is InChI=1S/C15H13BN2O2/c19-16-12-7-5-11(6-8-12)10-20-15-9-17-13-3-1-2-4-14(13)18-15/h1-9,16,19H,10H2. The second kappa shape index (κ2) is 5.71. The fourth-order valence-corrected chi connectivity index (χ4v) is 1.91. The molecule has 0 aliphatic heterocycles. The minimum atomic E-state index is 0.0529.